The molecule has 0 saturated heterocycles. The van der Waals surface area contributed by atoms with Crippen LogP contribution in [0.3, 0.4) is 0 Å². The lowest BCUT2D eigenvalue weighted by molar-refractivity contribution is 0.462. The summed E-state index contributed by atoms with van der Waals surface area (Å²) in [5, 5.41) is 4.08. The van der Waals surface area contributed by atoms with Gasteiger partial charge in [0.1, 0.15) is 0 Å². The number of rotatable bonds is 4. The van der Waals surface area contributed by atoms with E-state index in [4.69, 9.17) is 0 Å². The Balaban J connectivity index is 1.95. The van der Waals surface area contributed by atoms with Gasteiger partial charge < -0.3 is 0 Å². The molecule has 0 N–H and O–H groups in total. The van der Waals surface area contributed by atoms with Crippen LogP contribution in [0.5, 0.6) is 0 Å². The van der Waals surface area contributed by atoms with E-state index >= 15 is 0 Å². The van der Waals surface area contributed by atoms with E-state index < -0.39 is 10.0 Å². The Kier molecular flexibility index (Phi) is 5.07. The Hall–Kier alpha value is -3.18. The van der Waals surface area contributed by atoms with Crippen LogP contribution >= 0.6 is 0 Å². The van der Waals surface area contributed by atoms with Gasteiger partial charge in [-0.15, -0.1) is 0 Å². The molecule has 4 rings (SSSR count). The Bertz CT molecular complexity index is 1200. The highest BCUT2D eigenvalue weighted by atomic mass is 32.2. The van der Waals surface area contributed by atoms with E-state index in [0.29, 0.717) is 5.56 Å². The van der Waals surface area contributed by atoms with E-state index in [0.717, 1.165) is 32.2 Å². The fourth-order valence-electron chi connectivity index (χ4n) is 3.43. The molecule has 0 bridgehead atoms. The summed E-state index contributed by atoms with van der Waals surface area (Å²) in [5.74, 6) is 0. The number of sulfonamides is 1. The molecule has 0 fully saturated rings. The van der Waals surface area contributed by atoms with E-state index in [-0.39, 0.29) is 11.4 Å². The van der Waals surface area contributed by atoms with Gasteiger partial charge in [0, 0.05) is 11.8 Å². The summed E-state index contributed by atoms with van der Waals surface area (Å²) < 4.78 is 28.2. The van der Waals surface area contributed by atoms with E-state index in [1.165, 1.54) is 6.21 Å². The maximum absolute atomic E-state index is 13.5. The van der Waals surface area contributed by atoms with Crippen molar-refractivity contribution in [2.75, 3.05) is 6.54 Å². The molecule has 0 amide bonds. The fourth-order valence-corrected chi connectivity index (χ4v) is 4.84. The van der Waals surface area contributed by atoms with Gasteiger partial charge in [-0.05, 0) is 54.3 Å². The molecule has 0 saturated carbocycles. The highest BCUT2D eigenvalue weighted by Gasteiger charge is 2.27. The first-order valence-electron chi connectivity index (χ1n) is 9.46. The molecule has 0 spiro atoms. The topological polar surface area (TPSA) is 49.7 Å². The predicted molar refractivity (Wildman–Crippen MR) is 118 cm³/mol. The minimum Gasteiger partial charge on any atom is -0.200 e. The molecule has 1 aliphatic heterocycles. The quantitative estimate of drug-likeness (QED) is 0.603. The molecule has 4 nitrogen and oxygen atoms in total. The molecular formula is C24H22N2O2S. The minimum atomic E-state index is -3.81. The average Bonchev–Trinajstić information content (AvgIpc) is 2.75. The number of aryl methyl sites for hydroxylation is 2. The minimum absolute atomic E-state index is 0.223. The van der Waals surface area contributed by atoms with Crippen LogP contribution in [0.1, 0.15) is 11.1 Å². The van der Waals surface area contributed by atoms with Gasteiger partial charge in [-0.25, -0.2) is 0 Å². The summed E-state index contributed by atoms with van der Waals surface area (Å²) in [6.07, 6.45) is 5.02. The number of hydrogen-bond acceptors (Lipinski definition) is 3. The normalized spacial score (nSPS) is 13.7. The van der Waals surface area contributed by atoms with Crippen molar-refractivity contribution in [1.29, 1.82) is 0 Å². The third-order valence-electron chi connectivity index (χ3n) is 5.01. The first-order chi connectivity index (χ1) is 14.0. The summed E-state index contributed by atoms with van der Waals surface area (Å²) >= 11 is 0. The Morgan fingerprint density at radius 2 is 1.55 bits per heavy atom. The van der Waals surface area contributed by atoms with Crippen LogP contribution in [-0.4, -0.2) is 25.6 Å². The van der Waals surface area contributed by atoms with Crippen molar-refractivity contribution in [2.45, 2.75) is 18.7 Å². The van der Waals surface area contributed by atoms with E-state index in [2.05, 4.69) is 5.10 Å². The van der Waals surface area contributed by atoms with E-state index in [1.807, 2.05) is 74.5 Å². The van der Waals surface area contributed by atoms with Crippen molar-refractivity contribution in [3.05, 3.63) is 90.0 Å². The fraction of sp³-hybridized carbons (Fsp3) is 0.125. The second-order valence-corrected chi connectivity index (χ2v) is 8.91. The van der Waals surface area contributed by atoms with Crippen LogP contribution in [0.4, 0.5) is 0 Å². The van der Waals surface area contributed by atoms with Crippen molar-refractivity contribution in [3.8, 4) is 22.3 Å². The SMILES string of the molecule is Cc1ccc(-c2cc(S(=O)(=O)N3CC=CC=N3)c(-c3ccccc3)cc2C)cc1. The summed E-state index contributed by atoms with van der Waals surface area (Å²) in [7, 11) is -3.81. The molecule has 5 heteroatoms. The maximum Gasteiger partial charge on any atom is 0.279 e. The van der Waals surface area contributed by atoms with Crippen LogP contribution in [0.2, 0.25) is 0 Å². The summed E-state index contributed by atoms with van der Waals surface area (Å²) in [5.41, 5.74) is 5.62. The number of benzene rings is 3. The molecule has 1 heterocycles. The number of hydrazone groups is 1. The van der Waals surface area contributed by atoms with Crippen molar-refractivity contribution < 1.29 is 8.42 Å². The third kappa shape index (κ3) is 3.74. The molecule has 146 valence electrons. The first-order valence-corrected chi connectivity index (χ1v) is 10.9. The molecule has 3 aromatic rings. The van der Waals surface area contributed by atoms with Gasteiger partial charge in [-0.3, -0.25) is 0 Å². The van der Waals surface area contributed by atoms with Crippen LogP contribution in [0.15, 0.2) is 88.9 Å². The smallest absolute Gasteiger partial charge is 0.200 e. The van der Waals surface area contributed by atoms with Gasteiger partial charge in [0.2, 0.25) is 0 Å². The Morgan fingerprint density at radius 1 is 0.862 bits per heavy atom. The maximum atomic E-state index is 13.5. The van der Waals surface area contributed by atoms with Gasteiger partial charge in [-0.2, -0.15) is 17.9 Å². The van der Waals surface area contributed by atoms with Crippen molar-refractivity contribution in [2.24, 2.45) is 5.10 Å². The van der Waals surface area contributed by atoms with Gasteiger partial charge in [0.25, 0.3) is 10.0 Å². The van der Waals surface area contributed by atoms with Crippen molar-refractivity contribution >= 4 is 16.2 Å². The van der Waals surface area contributed by atoms with Crippen LogP contribution in [0, 0.1) is 13.8 Å². The molecular weight excluding hydrogens is 380 g/mol. The lowest BCUT2D eigenvalue weighted by Crippen LogP contribution is -2.28. The van der Waals surface area contributed by atoms with Gasteiger partial charge in [-0.1, -0.05) is 66.2 Å². The molecule has 3 aromatic carbocycles. The number of hydrogen-bond donors (Lipinski definition) is 0. The molecule has 0 aliphatic carbocycles. The van der Waals surface area contributed by atoms with Gasteiger partial charge >= 0.3 is 0 Å². The zero-order valence-corrected chi connectivity index (χ0v) is 17.2. The molecule has 0 unspecified atom stereocenters. The van der Waals surface area contributed by atoms with Crippen LogP contribution < -0.4 is 0 Å². The monoisotopic (exact) mass is 402 g/mol. The van der Waals surface area contributed by atoms with Crippen LogP contribution in [0.25, 0.3) is 22.3 Å². The number of allylic oxidation sites excluding steroid dienone is 1. The predicted octanol–water partition coefficient (Wildman–Crippen LogP) is 5.18. The zero-order valence-electron chi connectivity index (χ0n) is 16.4. The second kappa shape index (κ2) is 7.68. The lowest BCUT2D eigenvalue weighted by Gasteiger charge is -2.22. The highest BCUT2D eigenvalue weighted by Crippen LogP contribution is 2.36. The molecule has 0 aromatic heterocycles. The van der Waals surface area contributed by atoms with Gasteiger partial charge in [0.05, 0.1) is 11.4 Å². The largest absolute Gasteiger partial charge is 0.279 e. The first kappa shape index (κ1) is 19.2. The zero-order chi connectivity index (χ0) is 20.4. The standard InChI is InChI=1S/C24H22N2O2S/c1-18-10-12-21(13-11-18)22-17-24(29(27,28)26-15-7-6-14-25-26)23(16-19(22)2)20-8-4-3-5-9-20/h3-14,16-17H,15H2,1-2H3. The molecule has 0 atom stereocenters. The average molecular weight is 403 g/mol. The van der Waals surface area contributed by atoms with Crippen molar-refractivity contribution in [3.63, 3.8) is 0 Å². The van der Waals surface area contributed by atoms with Crippen molar-refractivity contribution in [1.82, 2.24) is 4.41 Å². The van der Waals surface area contributed by atoms with E-state index in [9.17, 15) is 8.42 Å². The highest BCUT2D eigenvalue weighted by molar-refractivity contribution is 7.89. The molecule has 1 aliphatic rings. The number of nitrogens with zero attached hydrogens (tertiary/aromatic N) is 2. The Labute approximate surface area is 171 Å². The molecule has 29 heavy (non-hydrogen) atoms. The van der Waals surface area contributed by atoms with Gasteiger partial charge in [0.15, 0.2) is 0 Å². The Morgan fingerprint density at radius 3 is 2.21 bits per heavy atom. The summed E-state index contributed by atoms with van der Waals surface area (Å²) in [6, 6.07) is 21.5. The van der Waals surface area contributed by atoms with Crippen LogP contribution in [-0.2, 0) is 10.0 Å². The third-order valence-corrected chi connectivity index (χ3v) is 6.70. The molecule has 0 radical (unpaired) electrons. The summed E-state index contributed by atoms with van der Waals surface area (Å²) in [6.45, 7) is 4.27. The summed E-state index contributed by atoms with van der Waals surface area (Å²) in [4.78, 5) is 0.261. The van der Waals surface area contributed by atoms with E-state index in [1.54, 1.807) is 18.2 Å². The lowest BCUT2D eigenvalue weighted by atomic mass is 9.95. The second-order valence-electron chi connectivity index (χ2n) is 7.10.